The molecule has 1 aromatic heterocycles. The van der Waals surface area contributed by atoms with E-state index < -0.39 is 37.3 Å². The molecular weight excluding hydrogens is 392 g/mol. The van der Waals surface area contributed by atoms with E-state index in [9.17, 15) is 20.4 Å². The molecule has 1 aromatic carbocycles. The average molecular weight is 422 g/mol. The molecule has 0 spiro atoms. The maximum atomic E-state index is 10.3. The lowest BCUT2D eigenvalue weighted by Crippen LogP contribution is -2.60. The molecule has 0 radical (unpaired) electrons. The molecule has 30 heavy (non-hydrogen) atoms. The molecule has 166 valence electrons. The molecule has 0 aliphatic carbocycles. The summed E-state index contributed by atoms with van der Waals surface area (Å²) in [4.78, 5) is 0. The Kier molecular flexibility index (Phi) is 6.99. The van der Waals surface area contributed by atoms with Crippen LogP contribution in [0.3, 0.4) is 0 Å². The third kappa shape index (κ3) is 4.45. The van der Waals surface area contributed by atoms with Crippen LogP contribution in [-0.4, -0.2) is 74.6 Å². The van der Waals surface area contributed by atoms with Gasteiger partial charge in [-0.3, -0.25) is 4.68 Å². The molecule has 1 saturated heterocycles. The van der Waals surface area contributed by atoms with Crippen LogP contribution in [0.1, 0.15) is 36.7 Å². The second-order valence-corrected chi connectivity index (χ2v) is 7.75. The smallest absolute Gasteiger partial charge is 0.239 e. The van der Waals surface area contributed by atoms with Crippen LogP contribution >= 0.6 is 0 Å². The van der Waals surface area contributed by atoms with Gasteiger partial charge in [0, 0.05) is 23.7 Å². The maximum Gasteiger partial charge on any atom is 0.239 e. The van der Waals surface area contributed by atoms with E-state index >= 15 is 0 Å². The highest BCUT2D eigenvalue weighted by molar-refractivity contribution is 5.38. The van der Waals surface area contributed by atoms with E-state index in [0.717, 1.165) is 22.6 Å². The number of aliphatic hydroxyl groups is 4. The third-order valence-electron chi connectivity index (χ3n) is 5.34. The molecule has 1 fully saturated rings. The van der Waals surface area contributed by atoms with Crippen molar-refractivity contribution in [3.63, 3.8) is 0 Å². The van der Waals surface area contributed by atoms with Gasteiger partial charge in [0.25, 0.3) is 0 Å². The van der Waals surface area contributed by atoms with E-state index in [0.29, 0.717) is 6.42 Å². The molecule has 1 aliphatic heterocycles. The fourth-order valence-corrected chi connectivity index (χ4v) is 3.55. The molecule has 4 N–H and O–H groups in total. The van der Waals surface area contributed by atoms with Crippen molar-refractivity contribution < 1.29 is 34.6 Å². The van der Waals surface area contributed by atoms with Crippen molar-refractivity contribution in [2.75, 3.05) is 13.7 Å². The lowest BCUT2D eigenvalue weighted by Gasteiger charge is -2.39. The number of rotatable bonds is 7. The normalized spacial score (nSPS) is 26.8. The fraction of sp³-hybridized carbons (Fsp3) is 0.571. The Morgan fingerprint density at radius 3 is 2.33 bits per heavy atom. The summed E-state index contributed by atoms with van der Waals surface area (Å²) in [6.07, 6.45) is -6.27. The van der Waals surface area contributed by atoms with Crippen molar-refractivity contribution in [3.8, 4) is 11.6 Å². The van der Waals surface area contributed by atoms with Crippen molar-refractivity contribution in [1.29, 1.82) is 0 Å². The molecule has 2 aromatic rings. The minimum Gasteiger partial charge on any atom is -0.497 e. The predicted octanol–water partition coefficient (Wildman–Crippen LogP) is 0.551. The number of aromatic nitrogens is 2. The molecule has 0 bridgehead atoms. The molecule has 0 amide bonds. The van der Waals surface area contributed by atoms with E-state index in [1.807, 2.05) is 49.7 Å². The summed E-state index contributed by atoms with van der Waals surface area (Å²) in [7, 11) is 1.61. The molecular formula is C21H30N2O7. The highest BCUT2D eigenvalue weighted by atomic mass is 16.7. The van der Waals surface area contributed by atoms with Crippen molar-refractivity contribution >= 4 is 0 Å². The summed E-state index contributed by atoms with van der Waals surface area (Å²) in [6.45, 7) is 5.40. The summed E-state index contributed by atoms with van der Waals surface area (Å²) in [5.41, 5.74) is 2.73. The van der Waals surface area contributed by atoms with Crippen LogP contribution in [-0.2, 0) is 11.2 Å². The molecule has 2 heterocycles. The molecule has 1 aliphatic rings. The highest BCUT2D eigenvalue weighted by Crippen LogP contribution is 2.30. The molecule has 5 atom stereocenters. The van der Waals surface area contributed by atoms with Gasteiger partial charge in [-0.15, -0.1) is 5.10 Å². The van der Waals surface area contributed by atoms with E-state index in [1.165, 1.54) is 0 Å². The van der Waals surface area contributed by atoms with Gasteiger partial charge in [0.05, 0.1) is 13.7 Å². The second-order valence-electron chi connectivity index (χ2n) is 7.75. The number of aliphatic hydroxyl groups excluding tert-OH is 4. The van der Waals surface area contributed by atoms with E-state index in [-0.39, 0.29) is 11.9 Å². The van der Waals surface area contributed by atoms with Gasteiger partial charge in [-0.1, -0.05) is 12.1 Å². The maximum absolute atomic E-state index is 10.3. The number of hydrogen-bond donors (Lipinski definition) is 4. The molecule has 3 rings (SSSR count). The van der Waals surface area contributed by atoms with Gasteiger partial charge in [0.1, 0.15) is 30.2 Å². The summed E-state index contributed by atoms with van der Waals surface area (Å²) in [5, 5.41) is 44.3. The van der Waals surface area contributed by atoms with Gasteiger partial charge in [-0.05, 0) is 38.5 Å². The Hall–Kier alpha value is -2.17. The predicted molar refractivity (Wildman–Crippen MR) is 108 cm³/mol. The van der Waals surface area contributed by atoms with Gasteiger partial charge in [-0.2, -0.15) is 0 Å². The van der Waals surface area contributed by atoms with Gasteiger partial charge >= 0.3 is 0 Å². The van der Waals surface area contributed by atoms with Crippen molar-refractivity contribution in [1.82, 2.24) is 9.78 Å². The first-order chi connectivity index (χ1) is 14.3. The Morgan fingerprint density at radius 1 is 1.10 bits per heavy atom. The first kappa shape index (κ1) is 22.5. The number of benzene rings is 1. The molecule has 9 nitrogen and oxygen atoms in total. The minimum atomic E-state index is -1.51. The average Bonchev–Trinajstić information content (AvgIpc) is 3.04. The third-order valence-corrected chi connectivity index (χ3v) is 5.34. The van der Waals surface area contributed by atoms with Crippen LogP contribution in [0.5, 0.6) is 11.6 Å². The summed E-state index contributed by atoms with van der Waals surface area (Å²) >= 11 is 0. The molecule has 1 unspecified atom stereocenters. The Morgan fingerprint density at radius 2 is 1.77 bits per heavy atom. The van der Waals surface area contributed by atoms with Gasteiger partial charge in [-0.25, -0.2) is 0 Å². The summed E-state index contributed by atoms with van der Waals surface area (Å²) in [6, 6.07) is 7.71. The number of hydrogen-bond acceptors (Lipinski definition) is 8. The van der Waals surface area contributed by atoms with E-state index in [4.69, 9.17) is 14.2 Å². The van der Waals surface area contributed by atoms with Gasteiger partial charge in [0.2, 0.25) is 12.2 Å². The van der Waals surface area contributed by atoms with Crippen LogP contribution in [0.2, 0.25) is 0 Å². The number of nitrogens with zero attached hydrogens (tertiary/aromatic N) is 2. The Balaban J connectivity index is 1.90. The van der Waals surface area contributed by atoms with Crippen LogP contribution in [0.15, 0.2) is 24.3 Å². The Labute approximate surface area is 175 Å². The monoisotopic (exact) mass is 422 g/mol. The minimum absolute atomic E-state index is 0.0757. The Bertz CT molecular complexity index is 835. The topological polar surface area (TPSA) is 126 Å². The molecule has 9 heteroatoms. The summed E-state index contributed by atoms with van der Waals surface area (Å²) < 4.78 is 18.4. The standard InChI is InChI=1S/C21H30N2O7/c1-11(2)23-12(3)15(9-13-5-7-14(28-4)8-6-13)20(22-23)30-21-19(27)18(26)17(25)16(10-24)29-21/h5-8,11,16-19,21,24-27H,9-10H2,1-4H3/t16-,17-,18-,19-,21?/m1/s1. The van der Waals surface area contributed by atoms with Crippen LogP contribution in [0.4, 0.5) is 0 Å². The second kappa shape index (κ2) is 9.32. The van der Waals surface area contributed by atoms with Gasteiger partial charge < -0.3 is 34.6 Å². The van der Waals surface area contributed by atoms with Crippen LogP contribution in [0, 0.1) is 6.92 Å². The quantitative estimate of drug-likeness (QED) is 0.510. The van der Waals surface area contributed by atoms with Crippen LogP contribution < -0.4 is 9.47 Å². The lowest BCUT2D eigenvalue weighted by molar-refractivity contribution is -0.278. The highest BCUT2D eigenvalue weighted by Gasteiger charge is 2.45. The fourth-order valence-electron chi connectivity index (χ4n) is 3.55. The van der Waals surface area contributed by atoms with Crippen molar-refractivity contribution in [2.45, 2.75) is 63.9 Å². The zero-order valence-corrected chi connectivity index (χ0v) is 17.6. The van der Waals surface area contributed by atoms with E-state index in [2.05, 4.69) is 5.10 Å². The number of ether oxygens (including phenoxy) is 3. The largest absolute Gasteiger partial charge is 0.497 e. The first-order valence-electron chi connectivity index (χ1n) is 9.94. The van der Waals surface area contributed by atoms with Crippen molar-refractivity contribution in [2.24, 2.45) is 0 Å². The first-order valence-corrected chi connectivity index (χ1v) is 9.94. The van der Waals surface area contributed by atoms with Crippen LogP contribution in [0.25, 0.3) is 0 Å². The zero-order valence-electron chi connectivity index (χ0n) is 17.6. The number of methoxy groups -OCH3 is 1. The van der Waals surface area contributed by atoms with Crippen molar-refractivity contribution in [3.05, 3.63) is 41.1 Å². The summed E-state index contributed by atoms with van der Waals surface area (Å²) in [5.74, 6) is 1.02. The van der Waals surface area contributed by atoms with Gasteiger partial charge in [0.15, 0.2) is 0 Å². The lowest BCUT2D eigenvalue weighted by atomic mass is 9.99. The van der Waals surface area contributed by atoms with E-state index in [1.54, 1.807) is 7.11 Å². The SMILES string of the molecule is COc1ccc(Cc2c(OC3O[C@H](CO)[C@@H](O)[C@@H](O)[C@H]3O)nn(C(C)C)c2C)cc1. The molecule has 0 saturated carbocycles. The zero-order chi connectivity index (χ0) is 22.0.